The van der Waals surface area contributed by atoms with E-state index in [0.717, 1.165) is 0 Å². The first-order valence-electron chi connectivity index (χ1n) is 3.95. The van der Waals surface area contributed by atoms with Crippen LogP contribution >= 0.6 is 11.6 Å². The lowest BCUT2D eigenvalue weighted by atomic mass is 10.5. The van der Waals surface area contributed by atoms with Crippen LogP contribution in [0.2, 0.25) is 5.15 Å². The second-order valence-electron chi connectivity index (χ2n) is 2.65. The first-order valence-corrected chi connectivity index (χ1v) is 4.33. The van der Waals surface area contributed by atoms with Crippen molar-refractivity contribution in [2.45, 2.75) is 6.61 Å². The predicted octanol–water partition coefficient (Wildman–Crippen LogP) is 0.884. The molecule has 5 nitrogen and oxygen atoms in total. The van der Waals surface area contributed by atoms with Crippen LogP contribution in [0.3, 0.4) is 0 Å². The third-order valence-electron chi connectivity index (χ3n) is 1.82. The second kappa shape index (κ2) is 3.43. The Kier molecular flexibility index (Phi) is 2.26. The Labute approximate surface area is 84.9 Å². The molecule has 0 fully saturated rings. The van der Waals surface area contributed by atoms with Crippen LogP contribution in [-0.4, -0.2) is 26.8 Å². The van der Waals surface area contributed by atoms with Crippen LogP contribution in [0.5, 0.6) is 5.88 Å². The zero-order valence-electron chi connectivity index (χ0n) is 7.44. The van der Waals surface area contributed by atoms with Crippen molar-refractivity contribution in [3.8, 4) is 5.88 Å². The number of methoxy groups -OCH3 is 1. The molecule has 0 radical (unpaired) electrons. The SMILES string of the molecule is COc1ccc2nc(CO)c(Cl)n2n1. The standard InChI is InChI=1S/C8H8ClN3O2/c1-14-7-3-2-6-10-5(4-13)8(9)12(6)11-7/h2-3,13H,4H2,1H3. The molecule has 2 aromatic heterocycles. The normalized spacial score (nSPS) is 10.8. The highest BCUT2D eigenvalue weighted by molar-refractivity contribution is 6.30. The van der Waals surface area contributed by atoms with Gasteiger partial charge < -0.3 is 9.84 Å². The van der Waals surface area contributed by atoms with E-state index in [4.69, 9.17) is 21.4 Å². The highest BCUT2D eigenvalue weighted by Crippen LogP contribution is 2.18. The van der Waals surface area contributed by atoms with Gasteiger partial charge in [0.25, 0.3) is 0 Å². The van der Waals surface area contributed by atoms with Crippen molar-refractivity contribution in [1.82, 2.24) is 14.6 Å². The van der Waals surface area contributed by atoms with Crippen molar-refractivity contribution < 1.29 is 9.84 Å². The van der Waals surface area contributed by atoms with Crippen LogP contribution in [0.1, 0.15) is 5.69 Å². The van der Waals surface area contributed by atoms with Gasteiger partial charge in [-0.3, -0.25) is 0 Å². The Morgan fingerprint density at radius 1 is 1.57 bits per heavy atom. The minimum Gasteiger partial charge on any atom is -0.480 e. The fourth-order valence-corrected chi connectivity index (χ4v) is 1.37. The summed E-state index contributed by atoms with van der Waals surface area (Å²) in [7, 11) is 1.52. The summed E-state index contributed by atoms with van der Waals surface area (Å²) in [6.45, 7) is -0.204. The van der Waals surface area contributed by atoms with Crippen molar-refractivity contribution in [1.29, 1.82) is 0 Å². The predicted molar refractivity (Wildman–Crippen MR) is 50.5 cm³/mol. The van der Waals surface area contributed by atoms with E-state index in [0.29, 0.717) is 22.4 Å². The Hall–Kier alpha value is -1.33. The summed E-state index contributed by atoms with van der Waals surface area (Å²) in [6.07, 6.45) is 0. The highest BCUT2D eigenvalue weighted by atomic mass is 35.5. The van der Waals surface area contributed by atoms with Crippen LogP contribution in [0.15, 0.2) is 12.1 Å². The molecule has 74 valence electrons. The average molecular weight is 214 g/mol. The number of aromatic nitrogens is 3. The molecule has 0 saturated carbocycles. The summed E-state index contributed by atoms with van der Waals surface area (Å²) < 4.78 is 6.36. The van der Waals surface area contributed by atoms with E-state index in [9.17, 15) is 0 Å². The van der Waals surface area contributed by atoms with Crippen LogP contribution in [0.25, 0.3) is 5.65 Å². The zero-order valence-corrected chi connectivity index (χ0v) is 8.19. The number of nitrogens with zero attached hydrogens (tertiary/aromatic N) is 3. The van der Waals surface area contributed by atoms with E-state index in [1.54, 1.807) is 12.1 Å². The van der Waals surface area contributed by atoms with Crippen LogP contribution in [0.4, 0.5) is 0 Å². The lowest BCUT2D eigenvalue weighted by Crippen LogP contribution is -1.95. The van der Waals surface area contributed by atoms with Gasteiger partial charge in [0.1, 0.15) is 5.69 Å². The monoisotopic (exact) mass is 213 g/mol. The molecule has 2 heterocycles. The van der Waals surface area contributed by atoms with E-state index in [1.807, 2.05) is 0 Å². The number of ether oxygens (including phenoxy) is 1. The first kappa shape index (κ1) is 9.23. The van der Waals surface area contributed by atoms with E-state index in [2.05, 4.69) is 10.1 Å². The van der Waals surface area contributed by atoms with E-state index in [1.165, 1.54) is 11.6 Å². The third kappa shape index (κ3) is 1.30. The maximum atomic E-state index is 8.93. The number of hydrogen-bond acceptors (Lipinski definition) is 4. The van der Waals surface area contributed by atoms with Crippen molar-refractivity contribution in [3.63, 3.8) is 0 Å². The molecule has 0 saturated heterocycles. The summed E-state index contributed by atoms with van der Waals surface area (Å²) in [5.41, 5.74) is 0.993. The molecule has 0 aliphatic rings. The number of halogens is 1. The molecular weight excluding hydrogens is 206 g/mol. The van der Waals surface area contributed by atoms with Gasteiger partial charge in [-0.05, 0) is 6.07 Å². The molecule has 0 spiro atoms. The lowest BCUT2D eigenvalue weighted by Gasteiger charge is -1.98. The van der Waals surface area contributed by atoms with Gasteiger partial charge >= 0.3 is 0 Å². The maximum Gasteiger partial charge on any atom is 0.231 e. The topological polar surface area (TPSA) is 59.7 Å². The van der Waals surface area contributed by atoms with Gasteiger partial charge in [0.15, 0.2) is 10.8 Å². The number of aliphatic hydroxyl groups is 1. The second-order valence-corrected chi connectivity index (χ2v) is 3.01. The third-order valence-corrected chi connectivity index (χ3v) is 2.20. The van der Waals surface area contributed by atoms with Gasteiger partial charge in [-0.15, -0.1) is 5.10 Å². The highest BCUT2D eigenvalue weighted by Gasteiger charge is 2.10. The Bertz CT molecular complexity index is 469. The fourth-order valence-electron chi connectivity index (χ4n) is 1.14. The summed E-state index contributed by atoms with van der Waals surface area (Å²) in [5, 5.41) is 13.3. The average Bonchev–Trinajstić information content (AvgIpc) is 2.55. The maximum absolute atomic E-state index is 8.93. The number of imidazole rings is 1. The first-order chi connectivity index (χ1) is 6.76. The van der Waals surface area contributed by atoms with Gasteiger partial charge in [-0.1, -0.05) is 11.6 Å². The van der Waals surface area contributed by atoms with Crippen LogP contribution in [0, 0.1) is 0 Å². The van der Waals surface area contributed by atoms with E-state index >= 15 is 0 Å². The van der Waals surface area contributed by atoms with Crippen molar-refractivity contribution >= 4 is 17.2 Å². The molecular formula is C8H8ClN3O2. The quantitative estimate of drug-likeness (QED) is 0.805. The smallest absolute Gasteiger partial charge is 0.231 e. The summed E-state index contributed by atoms with van der Waals surface area (Å²) >= 11 is 5.91. The molecule has 0 amide bonds. The molecule has 0 atom stereocenters. The van der Waals surface area contributed by atoms with Crippen molar-refractivity contribution in [2.75, 3.05) is 7.11 Å². The lowest BCUT2D eigenvalue weighted by molar-refractivity contribution is 0.277. The van der Waals surface area contributed by atoms with E-state index < -0.39 is 0 Å². The van der Waals surface area contributed by atoms with Crippen molar-refractivity contribution in [2.24, 2.45) is 0 Å². The van der Waals surface area contributed by atoms with Gasteiger partial charge in [0.05, 0.1) is 13.7 Å². The summed E-state index contributed by atoms with van der Waals surface area (Å²) in [4.78, 5) is 4.07. The number of hydrogen-bond donors (Lipinski definition) is 1. The number of aliphatic hydroxyl groups excluding tert-OH is 1. The fraction of sp³-hybridized carbons (Fsp3) is 0.250. The Morgan fingerprint density at radius 3 is 3.00 bits per heavy atom. The number of rotatable bonds is 2. The minimum atomic E-state index is -0.204. The molecule has 1 N–H and O–H groups in total. The molecule has 0 unspecified atom stereocenters. The largest absolute Gasteiger partial charge is 0.480 e. The van der Waals surface area contributed by atoms with Gasteiger partial charge in [0.2, 0.25) is 5.88 Å². The minimum absolute atomic E-state index is 0.204. The molecule has 0 aliphatic heterocycles. The molecule has 6 heteroatoms. The van der Waals surface area contributed by atoms with Crippen molar-refractivity contribution in [3.05, 3.63) is 23.0 Å². The molecule has 0 aromatic carbocycles. The van der Waals surface area contributed by atoms with E-state index in [-0.39, 0.29) is 6.61 Å². The molecule has 0 aliphatic carbocycles. The van der Waals surface area contributed by atoms with Gasteiger partial charge in [-0.25, -0.2) is 4.98 Å². The molecule has 0 bridgehead atoms. The Morgan fingerprint density at radius 2 is 2.36 bits per heavy atom. The Balaban J connectivity index is 2.68. The van der Waals surface area contributed by atoms with Crippen LogP contribution in [-0.2, 0) is 6.61 Å². The molecule has 2 rings (SSSR count). The van der Waals surface area contributed by atoms with Gasteiger partial charge in [0, 0.05) is 6.07 Å². The molecule has 2 aromatic rings. The summed E-state index contributed by atoms with van der Waals surface area (Å²) in [5.74, 6) is 0.446. The summed E-state index contributed by atoms with van der Waals surface area (Å²) in [6, 6.07) is 3.40. The van der Waals surface area contributed by atoms with Gasteiger partial charge in [-0.2, -0.15) is 4.52 Å². The number of fused-ring (bicyclic) bond motifs is 1. The molecule has 14 heavy (non-hydrogen) atoms. The zero-order chi connectivity index (χ0) is 10.1. The van der Waals surface area contributed by atoms with Crippen LogP contribution < -0.4 is 4.74 Å².